The molecule has 0 spiro atoms. The highest BCUT2D eigenvalue weighted by Gasteiger charge is 2.27. The molecule has 0 saturated carbocycles. The third kappa shape index (κ3) is 3.27. The Morgan fingerprint density at radius 1 is 1.15 bits per heavy atom. The minimum atomic E-state index is 0.401. The highest BCUT2D eigenvalue weighted by Crippen LogP contribution is 2.38. The third-order valence-electron chi connectivity index (χ3n) is 5.24. The summed E-state index contributed by atoms with van der Waals surface area (Å²) >= 11 is 0. The number of benzene rings is 2. The fourth-order valence-corrected chi connectivity index (χ4v) is 3.95. The van der Waals surface area contributed by atoms with E-state index < -0.39 is 0 Å². The molecule has 4 rings (SSSR count). The number of nitrogens with one attached hydrogen (secondary N) is 2. The zero-order chi connectivity index (χ0) is 17.9. The maximum Gasteiger partial charge on any atom is 0.161 e. The number of hydrogen-bond donors (Lipinski definition) is 2. The van der Waals surface area contributed by atoms with Crippen molar-refractivity contribution in [3.63, 3.8) is 0 Å². The van der Waals surface area contributed by atoms with E-state index in [4.69, 9.17) is 14.9 Å². The molecule has 0 aromatic heterocycles. The Kier molecular flexibility index (Phi) is 4.80. The minimum absolute atomic E-state index is 0.401. The molecule has 2 N–H and O–H groups in total. The second kappa shape index (κ2) is 7.38. The summed E-state index contributed by atoms with van der Waals surface area (Å²) in [6.45, 7) is 3.23. The molecule has 2 aromatic rings. The van der Waals surface area contributed by atoms with E-state index in [9.17, 15) is 0 Å². The number of fused-ring (bicyclic) bond motifs is 1. The van der Waals surface area contributed by atoms with Crippen LogP contribution in [0.2, 0.25) is 0 Å². The Morgan fingerprint density at radius 2 is 2.00 bits per heavy atom. The van der Waals surface area contributed by atoms with Crippen molar-refractivity contribution in [2.45, 2.75) is 25.4 Å². The topological polar surface area (TPSA) is 57.6 Å². The van der Waals surface area contributed by atoms with E-state index in [1.165, 1.54) is 23.8 Å². The van der Waals surface area contributed by atoms with Crippen molar-refractivity contribution < 1.29 is 9.47 Å². The summed E-state index contributed by atoms with van der Waals surface area (Å²) in [4.78, 5) is 2.52. The number of hydrogen-bond acceptors (Lipinski definition) is 5. The first-order valence-corrected chi connectivity index (χ1v) is 9.23. The van der Waals surface area contributed by atoms with Gasteiger partial charge in [-0.1, -0.05) is 12.1 Å². The van der Waals surface area contributed by atoms with Crippen LogP contribution in [0.1, 0.15) is 35.6 Å². The minimum Gasteiger partial charge on any atom is -0.486 e. The van der Waals surface area contributed by atoms with Gasteiger partial charge >= 0.3 is 0 Å². The van der Waals surface area contributed by atoms with Crippen molar-refractivity contribution >= 4 is 11.9 Å². The zero-order valence-corrected chi connectivity index (χ0v) is 15.1. The van der Waals surface area contributed by atoms with Crippen molar-refractivity contribution in [1.82, 2.24) is 4.90 Å². The molecule has 1 fully saturated rings. The lowest BCUT2D eigenvalue weighted by Gasteiger charge is -2.27. The molecule has 2 aliphatic heterocycles. The first kappa shape index (κ1) is 16.9. The fraction of sp³-hybridized carbons (Fsp3) is 0.381. The molecule has 0 bridgehead atoms. The summed E-state index contributed by atoms with van der Waals surface area (Å²) in [6, 6.07) is 13.1. The molecule has 0 amide bonds. The van der Waals surface area contributed by atoms with E-state index in [1.54, 1.807) is 0 Å². The summed E-state index contributed by atoms with van der Waals surface area (Å²) < 4.78 is 11.4. The number of likely N-dealkylation sites (tertiary alicyclic amines) is 1. The molecular weight excluding hydrogens is 326 g/mol. The second-order valence-electron chi connectivity index (χ2n) is 6.85. The maximum atomic E-state index is 7.63. The molecule has 26 heavy (non-hydrogen) atoms. The van der Waals surface area contributed by atoms with Crippen molar-refractivity contribution in [1.29, 1.82) is 5.41 Å². The Balaban J connectivity index is 1.54. The summed E-state index contributed by atoms with van der Waals surface area (Å²) in [5.41, 5.74) is 4.46. The van der Waals surface area contributed by atoms with Gasteiger partial charge in [0.1, 0.15) is 13.2 Å². The van der Waals surface area contributed by atoms with Gasteiger partial charge in [0.05, 0.1) is 0 Å². The molecular formula is C21H25N3O2. The van der Waals surface area contributed by atoms with E-state index in [0.29, 0.717) is 19.3 Å². The average molecular weight is 351 g/mol. The van der Waals surface area contributed by atoms with Crippen LogP contribution in [-0.4, -0.2) is 37.9 Å². The van der Waals surface area contributed by atoms with Gasteiger partial charge in [-0.3, -0.25) is 4.90 Å². The normalized spacial score (nSPS) is 19.3. The highest BCUT2D eigenvalue weighted by molar-refractivity contribution is 5.86. The summed E-state index contributed by atoms with van der Waals surface area (Å²) in [6.07, 6.45) is 3.77. The van der Waals surface area contributed by atoms with Crippen LogP contribution in [0, 0.1) is 5.41 Å². The van der Waals surface area contributed by atoms with Crippen LogP contribution < -0.4 is 14.8 Å². The van der Waals surface area contributed by atoms with Crippen molar-refractivity contribution in [2.24, 2.45) is 0 Å². The number of rotatable bonds is 5. The summed E-state index contributed by atoms with van der Waals surface area (Å²) in [5, 5.41) is 10.8. The first-order valence-electron chi connectivity index (χ1n) is 9.23. The number of ether oxygens (including phenoxy) is 2. The van der Waals surface area contributed by atoms with Crippen molar-refractivity contribution in [3.05, 3.63) is 53.1 Å². The SMILES string of the molecule is CNc1ccc(CN2CCCC2c2ccc3c(c2)OCCO3)cc1C=N. The van der Waals surface area contributed by atoms with E-state index >= 15 is 0 Å². The fourth-order valence-electron chi connectivity index (χ4n) is 3.95. The smallest absolute Gasteiger partial charge is 0.161 e. The zero-order valence-electron chi connectivity index (χ0n) is 15.1. The van der Waals surface area contributed by atoms with E-state index in [-0.39, 0.29) is 0 Å². The molecule has 1 atom stereocenters. The molecule has 0 radical (unpaired) electrons. The quantitative estimate of drug-likeness (QED) is 0.804. The Bertz CT molecular complexity index is 806. The highest BCUT2D eigenvalue weighted by atomic mass is 16.6. The monoisotopic (exact) mass is 351 g/mol. The Morgan fingerprint density at radius 3 is 2.81 bits per heavy atom. The predicted molar refractivity (Wildman–Crippen MR) is 104 cm³/mol. The Hall–Kier alpha value is -2.53. The van der Waals surface area contributed by atoms with Gasteiger partial charge in [-0.2, -0.15) is 0 Å². The van der Waals surface area contributed by atoms with Gasteiger partial charge in [0, 0.05) is 37.1 Å². The third-order valence-corrected chi connectivity index (χ3v) is 5.24. The summed E-state index contributed by atoms with van der Waals surface area (Å²) in [7, 11) is 1.89. The lowest BCUT2D eigenvalue weighted by molar-refractivity contribution is 0.170. The Labute approximate surface area is 154 Å². The molecule has 2 aliphatic rings. The van der Waals surface area contributed by atoms with Crippen LogP contribution in [-0.2, 0) is 6.54 Å². The van der Waals surface area contributed by atoms with Crippen LogP contribution in [0.25, 0.3) is 0 Å². The van der Waals surface area contributed by atoms with Crippen LogP contribution in [0.4, 0.5) is 5.69 Å². The lowest BCUT2D eigenvalue weighted by atomic mass is 10.0. The molecule has 0 aliphatic carbocycles. The van der Waals surface area contributed by atoms with E-state index in [2.05, 4.69) is 40.5 Å². The van der Waals surface area contributed by atoms with Crippen LogP contribution >= 0.6 is 0 Å². The van der Waals surface area contributed by atoms with Crippen LogP contribution in [0.15, 0.2) is 36.4 Å². The van der Waals surface area contributed by atoms with Gasteiger partial charge in [0.15, 0.2) is 11.5 Å². The maximum absolute atomic E-state index is 7.63. The van der Waals surface area contributed by atoms with Crippen LogP contribution in [0.5, 0.6) is 11.5 Å². The van der Waals surface area contributed by atoms with Crippen LogP contribution in [0.3, 0.4) is 0 Å². The standard InChI is InChI=1S/C21H25N3O2/c1-23-18-6-4-15(11-17(18)13-22)14-24-8-2-3-19(24)16-5-7-20-21(12-16)26-10-9-25-20/h4-7,11-13,19,22-23H,2-3,8-10,14H2,1H3. The molecule has 136 valence electrons. The van der Waals surface area contributed by atoms with Gasteiger partial charge in [-0.15, -0.1) is 0 Å². The molecule has 5 nitrogen and oxygen atoms in total. The molecule has 1 saturated heterocycles. The van der Waals surface area contributed by atoms with Gasteiger partial charge in [0.2, 0.25) is 0 Å². The van der Waals surface area contributed by atoms with E-state index in [1.807, 2.05) is 13.1 Å². The first-order chi connectivity index (χ1) is 12.8. The number of anilines is 1. The lowest BCUT2D eigenvalue weighted by Crippen LogP contribution is -2.23. The largest absolute Gasteiger partial charge is 0.486 e. The molecule has 2 aromatic carbocycles. The molecule has 1 unspecified atom stereocenters. The molecule has 5 heteroatoms. The van der Waals surface area contributed by atoms with Gasteiger partial charge in [0.25, 0.3) is 0 Å². The summed E-state index contributed by atoms with van der Waals surface area (Å²) in [5.74, 6) is 1.72. The van der Waals surface area contributed by atoms with E-state index in [0.717, 1.165) is 42.3 Å². The van der Waals surface area contributed by atoms with Gasteiger partial charge in [-0.25, -0.2) is 0 Å². The van der Waals surface area contributed by atoms with Crippen molar-refractivity contribution in [2.75, 3.05) is 32.1 Å². The van der Waals surface area contributed by atoms with Gasteiger partial charge in [-0.05, 0) is 54.8 Å². The average Bonchev–Trinajstić information content (AvgIpc) is 3.15. The van der Waals surface area contributed by atoms with Crippen molar-refractivity contribution in [3.8, 4) is 11.5 Å². The number of nitrogens with zero attached hydrogens (tertiary/aromatic N) is 1. The van der Waals surface area contributed by atoms with Gasteiger partial charge < -0.3 is 20.2 Å². The molecule has 2 heterocycles. The second-order valence-corrected chi connectivity index (χ2v) is 6.85. The predicted octanol–water partition coefficient (Wildman–Crippen LogP) is 3.83.